The average Bonchev–Trinajstić information content (AvgIpc) is 3.30. The SMILES string of the molecule is CC/C=C\C/C=C\C/C=C\C/C=C\C/C=C\C/C=C\CCCCCCCCCCCCCCCCCCCCC(=O)OC(CO)COC(=O)CCCCCCC/C=C\C/C=C\CCC. The van der Waals surface area contributed by atoms with Gasteiger partial charge in [0.15, 0.2) is 6.10 Å². The molecule has 0 radical (unpaired) electrons. The molecule has 0 saturated heterocycles. The molecule has 0 aromatic carbocycles. The van der Waals surface area contributed by atoms with E-state index in [1.165, 1.54) is 122 Å². The minimum atomic E-state index is -0.780. The van der Waals surface area contributed by atoms with Crippen molar-refractivity contribution in [1.29, 1.82) is 0 Å². The molecule has 0 saturated carbocycles. The van der Waals surface area contributed by atoms with Gasteiger partial charge in [-0.05, 0) is 89.9 Å². The van der Waals surface area contributed by atoms with E-state index >= 15 is 0 Å². The van der Waals surface area contributed by atoms with Crippen molar-refractivity contribution in [3.05, 3.63) is 97.2 Å². The van der Waals surface area contributed by atoms with E-state index in [0.29, 0.717) is 12.8 Å². The lowest BCUT2D eigenvalue weighted by atomic mass is 10.0. The minimum absolute atomic E-state index is 0.0746. The van der Waals surface area contributed by atoms with Gasteiger partial charge in [-0.15, -0.1) is 0 Å². The van der Waals surface area contributed by atoms with Crippen LogP contribution in [0.4, 0.5) is 0 Å². The summed E-state index contributed by atoms with van der Waals surface area (Å²) >= 11 is 0. The minimum Gasteiger partial charge on any atom is -0.462 e. The Labute approximate surface area is 396 Å². The topological polar surface area (TPSA) is 72.8 Å². The van der Waals surface area contributed by atoms with E-state index in [2.05, 4.69) is 111 Å². The lowest BCUT2D eigenvalue weighted by Crippen LogP contribution is -2.28. The van der Waals surface area contributed by atoms with Crippen LogP contribution in [-0.2, 0) is 19.1 Å². The van der Waals surface area contributed by atoms with Gasteiger partial charge in [0.25, 0.3) is 0 Å². The fourth-order valence-electron chi connectivity index (χ4n) is 7.36. The first-order chi connectivity index (χ1) is 31.6. The lowest BCUT2D eigenvalue weighted by Gasteiger charge is -2.15. The fraction of sp³-hybridized carbons (Fsp3) is 0.695. The molecular formula is C59H100O5. The molecule has 0 aromatic rings. The number of ether oxygens (including phenoxy) is 2. The number of allylic oxidation sites excluding steroid dienone is 16. The van der Waals surface area contributed by atoms with Crippen molar-refractivity contribution in [3.8, 4) is 0 Å². The molecule has 0 rings (SSSR count). The van der Waals surface area contributed by atoms with Crippen LogP contribution in [0.25, 0.3) is 0 Å². The molecule has 1 unspecified atom stereocenters. The first-order valence-corrected chi connectivity index (χ1v) is 26.8. The monoisotopic (exact) mass is 889 g/mol. The van der Waals surface area contributed by atoms with Crippen LogP contribution in [0.5, 0.6) is 0 Å². The quantitative estimate of drug-likeness (QED) is 0.0374. The van der Waals surface area contributed by atoms with Crippen LogP contribution in [0, 0.1) is 0 Å². The maximum Gasteiger partial charge on any atom is 0.306 e. The van der Waals surface area contributed by atoms with Gasteiger partial charge >= 0.3 is 11.9 Å². The van der Waals surface area contributed by atoms with E-state index in [4.69, 9.17) is 9.47 Å². The Hall–Kier alpha value is -3.18. The molecule has 1 atom stereocenters. The van der Waals surface area contributed by atoms with Crippen molar-refractivity contribution in [1.82, 2.24) is 0 Å². The first kappa shape index (κ1) is 60.8. The highest BCUT2D eigenvalue weighted by Gasteiger charge is 2.16. The number of unbranched alkanes of at least 4 members (excludes halogenated alkanes) is 24. The molecule has 0 aromatic heterocycles. The molecule has 0 spiro atoms. The van der Waals surface area contributed by atoms with Crippen LogP contribution in [0.15, 0.2) is 97.2 Å². The van der Waals surface area contributed by atoms with E-state index in [-0.39, 0.29) is 25.2 Å². The van der Waals surface area contributed by atoms with Crippen LogP contribution >= 0.6 is 0 Å². The zero-order valence-corrected chi connectivity index (χ0v) is 41.8. The van der Waals surface area contributed by atoms with Gasteiger partial charge in [-0.3, -0.25) is 9.59 Å². The Kier molecular flexibility index (Phi) is 51.5. The van der Waals surface area contributed by atoms with Crippen molar-refractivity contribution in [2.24, 2.45) is 0 Å². The van der Waals surface area contributed by atoms with Gasteiger partial charge in [-0.2, -0.15) is 0 Å². The number of carbonyl (C=O) groups is 2. The second kappa shape index (κ2) is 54.2. The molecule has 5 heteroatoms. The maximum atomic E-state index is 12.3. The predicted octanol–water partition coefficient (Wildman–Crippen LogP) is 18.0. The van der Waals surface area contributed by atoms with Crippen LogP contribution < -0.4 is 0 Å². The molecule has 0 heterocycles. The molecule has 0 aliphatic heterocycles. The van der Waals surface area contributed by atoms with Crippen molar-refractivity contribution in [2.45, 2.75) is 251 Å². The molecule has 1 N–H and O–H groups in total. The molecule has 0 bridgehead atoms. The summed E-state index contributed by atoms with van der Waals surface area (Å²) in [6.07, 6.45) is 76.7. The van der Waals surface area contributed by atoms with Crippen LogP contribution in [0.1, 0.15) is 245 Å². The molecule has 5 nitrogen and oxygen atoms in total. The summed E-state index contributed by atoms with van der Waals surface area (Å²) in [5.74, 6) is -0.605. The van der Waals surface area contributed by atoms with E-state index in [0.717, 1.165) is 96.3 Å². The Morgan fingerprint density at radius 2 is 0.672 bits per heavy atom. The van der Waals surface area contributed by atoms with E-state index < -0.39 is 6.10 Å². The smallest absolute Gasteiger partial charge is 0.306 e. The van der Waals surface area contributed by atoms with Gasteiger partial charge in [0.1, 0.15) is 6.61 Å². The Balaban J connectivity index is 3.47. The largest absolute Gasteiger partial charge is 0.462 e. The van der Waals surface area contributed by atoms with Crippen LogP contribution in [0.2, 0.25) is 0 Å². The molecule has 0 aliphatic rings. The highest BCUT2D eigenvalue weighted by Crippen LogP contribution is 2.16. The number of carbonyl (C=O) groups excluding carboxylic acids is 2. The number of rotatable bonds is 48. The third-order valence-electron chi connectivity index (χ3n) is 11.3. The highest BCUT2D eigenvalue weighted by atomic mass is 16.6. The number of aliphatic hydroxyl groups excluding tert-OH is 1. The molecular weight excluding hydrogens is 789 g/mol. The molecule has 0 amide bonds. The lowest BCUT2D eigenvalue weighted by molar-refractivity contribution is -0.161. The van der Waals surface area contributed by atoms with Gasteiger partial charge < -0.3 is 14.6 Å². The molecule has 0 aliphatic carbocycles. The Bertz CT molecular complexity index is 1230. The normalized spacial score (nSPS) is 13.0. The van der Waals surface area contributed by atoms with Crippen LogP contribution in [-0.4, -0.2) is 36.4 Å². The summed E-state index contributed by atoms with van der Waals surface area (Å²) in [4.78, 5) is 24.4. The zero-order chi connectivity index (χ0) is 46.3. The summed E-state index contributed by atoms with van der Waals surface area (Å²) < 4.78 is 10.6. The fourth-order valence-corrected chi connectivity index (χ4v) is 7.36. The van der Waals surface area contributed by atoms with Crippen LogP contribution in [0.3, 0.4) is 0 Å². The zero-order valence-electron chi connectivity index (χ0n) is 41.8. The molecule has 64 heavy (non-hydrogen) atoms. The second-order valence-corrected chi connectivity index (χ2v) is 17.6. The Morgan fingerprint density at radius 1 is 0.375 bits per heavy atom. The van der Waals surface area contributed by atoms with Crippen molar-refractivity contribution >= 4 is 11.9 Å². The third kappa shape index (κ3) is 51.5. The third-order valence-corrected chi connectivity index (χ3v) is 11.3. The summed E-state index contributed by atoms with van der Waals surface area (Å²) in [7, 11) is 0. The summed E-state index contributed by atoms with van der Waals surface area (Å²) in [6, 6.07) is 0. The molecule has 366 valence electrons. The summed E-state index contributed by atoms with van der Waals surface area (Å²) in [5.41, 5.74) is 0. The van der Waals surface area contributed by atoms with Gasteiger partial charge in [-0.25, -0.2) is 0 Å². The van der Waals surface area contributed by atoms with Gasteiger partial charge in [0, 0.05) is 12.8 Å². The number of hydrogen-bond donors (Lipinski definition) is 1. The maximum absolute atomic E-state index is 12.3. The summed E-state index contributed by atoms with van der Waals surface area (Å²) in [5, 5.41) is 9.61. The number of esters is 2. The number of hydrogen-bond acceptors (Lipinski definition) is 5. The van der Waals surface area contributed by atoms with Crippen molar-refractivity contribution < 1.29 is 24.2 Å². The second-order valence-electron chi connectivity index (χ2n) is 17.6. The van der Waals surface area contributed by atoms with Crippen molar-refractivity contribution in [3.63, 3.8) is 0 Å². The standard InChI is InChI=1S/C59H100O5/c1-3-5-7-9-11-13-15-17-18-19-20-21-22-23-24-25-26-27-28-29-30-31-32-33-34-35-36-37-38-39-40-42-44-46-48-50-52-54-59(62)64-57(55-60)56-63-58(61)53-51-49-47-45-43-41-16-14-12-10-8-6-4-2/h5,7-8,10-11,13-14,16-18,20-21,23-24,26-27,57,60H,3-4,6,9,12,15,19,22,25,28-56H2,1-2H3/b7-5-,10-8-,13-11-,16-14-,18-17-,21-20-,24-23-,27-26-. The van der Waals surface area contributed by atoms with E-state index in [1.807, 2.05) is 0 Å². The summed E-state index contributed by atoms with van der Waals surface area (Å²) in [6.45, 7) is 3.95. The van der Waals surface area contributed by atoms with Gasteiger partial charge in [0.2, 0.25) is 0 Å². The highest BCUT2D eigenvalue weighted by molar-refractivity contribution is 5.70. The molecule has 0 fully saturated rings. The average molecular weight is 889 g/mol. The van der Waals surface area contributed by atoms with E-state index in [1.54, 1.807) is 0 Å². The number of aliphatic hydroxyl groups is 1. The predicted molar refractivity (Wildman–Crippen MR) is 279 cm³/mol. The Morgan fingerprint density at radius 3 is 1.02 bits per heavy atom. The van der Waals surface area contributed by atoms with Gasteiger partial charge in [-0.1, -0.05) is 239 Å². The van der Waals surface area contributed by atoms with E-state index in [9.17, 15) is 14.7 Å². The first-order valence-electron chi connectivity index (χ1n) is 26.8. The van der Waals surface area contributed by atoms with Gasteiger partial charge in [0.05, 0.1) is 6.61 Å². The van der Waals surface area contributed by atoms with Crippen molar-refractivity contribution in [2.75, 3.05) is 13.2 Å².